The third kappa shape index (κ3) is 4.74. The minimum atomic E-state index is 0. The Labute approximate surface area is 133 Å². The summed E-state index contributed by atoms with van der Waals surface area (Å²) in [5.74, 6) is 0.264. The molecule has 0 bridgehead atoms. The first-order valence-electron chi connectivity index (χ1n) is 6.45. The van der Waals surface area contributed by atoms with Gasteiger partial charge in [0.2, 0.25) is 5.91 Å². The normalized spacial score (nSPS) is 18.1. The minimum Gasteiger partial charge on any atom is -0.338 e. The van der Waals surface area contributed by atoms with Gasteiger partial charge in [-0.3, -0.25) is 4.79 Å². The lowest BCUT2D eigenvalue weighted by molar-refractivity contribution is -0.132. The first-order chi connectivity index (χ1) is 8.70. The van der Waals surface area contributed by atoms with Gasteiger partial charge in [-0.1, -0.05) is 6.92 Å². The maximum Gasteiger partial charge on any atom is 0.228 e. The molecular formula is C13H20BrClN2OS. The molecule has 2 heterocycles. The molecule has 108 valence electrons. The van der Waals surface area contributed by atoms with Gasteiger partial charge in [-0.25, -0.2) is 0 Å². The highest BCUT2D eigenvalue weighted by Gasteiger charge is 2.25. The van der Waals surface area contributed by atoms with E-state index in [1.807, 2.05) is 12.1 Å². The highest BCUT2D eigenvalue weighted by molar-refractivity contribution is 9.11. The van der Waals surface area contributed by atoms with E-state index in [-0.39, 0.29) is 18.3 Å². The standard InChI is InChI=1S/C13H19BrN2OS.ClH/c1-2-7-16(10-5-6-15-9-10)13(17)8-11-3-4-12(14)18-11;/h3-4,10,15H,2,5-9H2,1H3;1H. The summed E-state index contributed by atoms with van der Waals surface area (Å²) in [6, 6.07) is 4.43. The van der Waals surface area contributed by atoms with Crippen molar-refractivity contribution in [2.45, 2.75) is 32.2 Å². The van der Waals surface area contributed by atoms with Crippen LogP contribution in [-0.4, -0.2) is 36.5 Å². The van der Waals surface area contributed by atoms with Gasteiger partial charge in [0, 0.05) is 24.0 Å². The van der Waals surface area contributed by atoms with Crippen molar-refractivity contribution in [1.29, 1.82) is 0 Å². The van der Waals surface area contributed by atoms with Gasteiger partial charge in [0.1, 0.15) is 0 Å². The Morgan fingerprint density at radius 2 is 2.37 bits per heavy atom. The van der Waals surface area contributed by atoms with Crippen molar-refractivity contribution >= 4 is 45.6 Å². The van der Waals surface area contributed by atoms with E-state index in [2.05, 4.69) is 33.1 Å². The number of hydrogen-bond acceptors (Lipinski definition) is 3. The second-order valence-electron chi connectivity index (χ2n) is 4.62. The Balaban J connectivity index is 0.00000180. The molecule has 1 saturated heterocycles. The summed E-state index contributed by atoms with van der Waals surface area (Å²) in [6.07, 6.45) is 2.64. The second kappa shape index (κ2) is 8.25. The third-order valence-corrected chi connectivity index (χ3v) is 4.84. The van der Waals surface area contributed by atoms with Gasteiger partial charge in [0.05, 0.1) is 10.2 Å². The lowest BCUT2D eigenvalue weighted by Crippen LogP contribution is -2.42. The van der Waals surface area contributed by atoms with Crippen LogP contribution in [0.1, 0.15) is 24.6 Å². The van der Waals surface area contributed by atoms with Gasteiger partial charge in [-0.15, -0.1) is 23.7 Å². The molecule has 1 atom stereocenters. The lowest BCUT2D eigenvalue weighted by Gasteiger charge is -2.28. The maximum atomic E-state index is 12.4. The smallest absolute Gasteiger partial charge is 0.228 e. The molecule has 0 aliphatic carbocycles. The molecule has 0 aromatic carbocycles. The molecule has 1 aliphatic heterocycles. The first kappa shape index (κ1) is 17.0. The SMILES string of the molecule is CCCN(C(=O)Cc1ccc(Br)s1)C1CCNC1.Cl. The van der Waals surface area contributed by atoms with Crippen LogP contribution in [0.2, 0.25) is 0 Å². The predicted molar refractivity (Wildman–Crippen MR) is 86.2 cm³/mol. The number of rotatable bonds is 5. The van der Waals surface area contributed by atoms with Crippen molar-refractivity contribution in [3.05, 3.63) is 20.8 Å². The van der Waals surface area contributed by atoms with Crippen molar-refractivity contribution in [3.8, 4) is 0 Å². The zero-order valence-corrected chi connectivity index (χ0v) is 14.2. The molecule has 1 aromatic rings. The van der Waals surface area contributed by atoms with Crippen LogP contribution in [-0.2, 0) is 11.2 Å². The fraction of sp³-hybridized carbons (Fsp3) is 0.615. The summed E-state index contributed by atoms with van der Waals surface area (Å²) in [5, 5.41) is 3.34. The molecule has 3 nitrogen and oxygen atoms in total. The summed E-state index contributed by atoms with van der Waals surface area (Å²) in [6.45, 7) is 4.98. The highest BCUT2D eigenvalue weighted by Crippen LogP contribution is 2.23. The highest BCUT2D eigenvalue weighted by atomic mass is 79.9. The van der Waals surface area contributed by atoms with Gasteiger partial charge < -0.3 is 10.2 Å². The number of nitrogens with zero attached hydrogens (tertiary/aromatic N) is 1. The van der Waals surface area contributed by atoms with Crippen molar-refractivity contribution < 1.29 is 4.79 Å². The Bertz CT molecular complexity index is 407. The van der Waals surface area contributed by atoms with Gasteiger partial charge in [-0.2, -0.15) is 0 Å². The quantitative estimate of drug-likeness (QED) is 0.867. The number of thiophene rings is 1. The van der Waals surface area contributed by atoms with Crippen molar-refractivity contribution in [2.75, 3.05) is 19.6 Å². The molecule has 1 unspecified atom stereocenters. The molecule has 0 spiro atoms. The number of carbonyl (C=O) groups is 1. The summed E-state index contributed by atoms with van der Waals surface area (Å²) >= 11 is 5.09. The van der Waals surface area contributed by atoms with E-state index >= 15 is 0 Å². The Morgan fingerprint density at radius 3 is 2.89 bits per heavy atom. The summed E-state index contributed by atoms with van der Waals surface area (Å²) in [5.41, 5.74) is 0. The van der Waals surface area contributed by atoms with Crippen molar-refractivity contribution in [3.63, 3.8) is 0 Å². The third-order valence-electron chi connectivity index (χ3n) is 3.21. The molecule has 6 heteroatoms. The zero-order valence-electron chi connectivity index (χ0n) is 11.0. The van der Waals surface area contributed by atoms with Crippen LogP contribution in [0.25, 0.3) is 0 Å². The van der Waals surface area contributed by atoms with E-state index in [9.17, 15) is 4.79 Å². The molecule has 0 saturated carbocycles. The van der Waals surface area contributed by atoms with Crippen LogP contribution in [0.5, 0.6) is 0 Å². The number of hydrogen-bond donors (Lipinski definition) is 1. The minimum absolute atomic E-state index is 0. The fourth-order valence-electron chi connectivity index (χ4n) is 2.35. The Morgan fingerprint density at radius 1 is 1.58 bits per heavy atom. The monoisotopic (exact) mass is 366 g/mol. The van der Waals surface area contributed by atoms with E-state index < -0.39 is 0 Å². The van der Waals surface area contributed by atoms with Crippen LogP contribution in [0.3, 0.4) is 0 Å². The second-order valence-corrected chi connectivity index (χ2v) is 7.16. The molecule has 1 fully saturated rings. The number of nitrogens with one attached hydrogen (secondary N) is 1. The van der Waals surface area contributed by atoms with Crippen LogP contribution in [0.4, 0.5) is 0 Å². The summed E-state index contributed by atoms with van der Waals surface area (Å²) < 4.78 is 1.09. The average Bonchev–Trinajstić information content (AvgIpc) is 2.97. The number of amides is 1. The van der Waals surface area contributed by atoms with Gasteiger partial charge in [0.15, 0.2) is 0 Å². The topological polar surface area (TPSA) is 32.3 Å². The van der Waals surface area contributed by atoms with Crippen LogP contribution in [0, 0.1) is 0 Å². The number of carbonyl (C=O) groups excluding carboxylic acids is 1. The molecule has 1 aliphatic rings. The fourth-order valence-corrected chi connectivity index (χ4v) is 3.83. The molecule has 2 rings (SSSR count). The maximum absolute atomic E-state index is 12.4. The molecule has 19 heavy (non-hydrogen) atoms. The summed E-state index contributed by atoms with van der Waals surface area (Å²) in [4.78, 5) is 15.6. The first-order valence-corrected chi connectivity index (χ1v) is 8.06. The summed E-state index contributed by atoms with van der Waals surface area (Å²) in [7, 11) is 0. The van der Waals surface area contributed by atoms with Gasteiger partial charge in [-0.05, 0) is 47.4 Å². The molecule has 0 radical (unpaired) electrons. The van der Waals surface area contributed by atoms with Crippen LogP contribution >= 0.6 is 39.7 Å². The van der Waals surface area contributed by atoms with Crippen LogP contribution in [0.15, 0.2) is 15.9 Å². The Hall–Kier alpha value is -0.100. The van der Waals surface area contributed by atoms with Crippen molar-refractivity contribution in [2.24, 2.45) is 0 Å². The van der Waals surface area contributed by atoms with E-state index in [1.165, 1.54) is 0 Å². The molecule has 1 amide bonds. The van der Waals surface area contributed by atoms with Gasteiger partial charge in [0.25, 0.3) is 0 Å². The lowest BCUT2D eigenvalue weighted by atomic mass is 10.2. The molecular weight excluding hydrogens is 348 g/mol. The zero-order chi connectivity index (χ0) is 13.0. The Kier molecular flexibility index (Phi) is 7.36. The largest absolute Gasteiger partial charge is 0.338 e. The van der Waals surface area contributed by atoms with E-state index in [0.29, 0.717) is 12.5 Å². The van der Waals surface area contributed by atoms with Crippen LogP contribution < -0.4 is 5.32 Å². The predicted octanol–water partition coefficient (Wildman–Crippen LogP) is 3.08. The average molecular weight is 368 g/mol. The van der Waals surface area contributed by atoms with Crippen molar-refractivity contribution in [1.82, 2.24) is 10.2 Å². The van der Waals surface area contributed by atoms with Gasteiger partial charge >= 0.3 is 0 Å². The molecule has 1 aromatic heterocycles. The molecule has 1 N–H and O–H groups in total. The van der Waals surface area contributed by atoms with E-state index in [1.54, 1.807) is 11.3 Å². The van der Waals surface area contributed by atoms with E-state index in [0.717, 1.165) is 41.1 Å². The van der Waals surface area contributed by atoms with E-state index in [4.69, 9.17) is 0 Å². The number of halogens is 2.